The molecule has 0 bridgehead atoms. The molecule has 4 aromatic rings. The summed E-state index contributed by atoms with van der Waals surface area (Å²) in [5.41, 5.74) is 5.13. The lowest BCUT2D eigenvalue weighted by Crippen LogP contribution is -2.51. The lowest BCUT2D eigenvalue weighted by molar-refractivity contribution is -0.137. The summed E-state index contributed by atoms with van der Waals surface area (Å²) in [4.78, 5) is 70.3. The van der Waals surface area contributed by atoms with E-state index >= 15 is 0 Å². The van der Waals surface area contributed by atoms with E-state index in [0.29, 0.717) is 92.8 Å². The number of carbonyl (C=O) groups is 3. The van der Waals surface area contributed by atoms with E-state index in [1.54, 1.807) is 45.3 Å². The molecule has 3 fully saturated rings. The highest BCUT2D eigenvalue weighted by Gasteiger charge is 2.48. The van der Waals surface area contributed by atoms with Gasteiger partial charge in [-0.25, -0.2) is 28.4 Å². The van der Waals surface area contributed by atoms with E-state index in [1.165, 1.54) is 11.9 Å². The van der Waals surface area contributed by atoms with E-state index in [0.717, 1.165) is 68.1 Å². The SMILES string of the molecule is CC[C@@H](C)C(=O)N[C@H](C(=O)C1C[C@H](Oc2cnc(N3CCN(CCOc4cc5ncnc(NC6=NCC(C)=C6C)c5cc4S(=O)(=O)C(C)(C)C)CC3)nc2)C[C@H]1C(=O)N[C@H]1CCCc2ccccc21)C1CCCCC1. The maximum absolute atomic E-state index is 14.9. The van der Waals surface area contributed by atoms with E-state index in [9.17, 15) is 22.8 Å². The molecular weight excluding hydrogens is 969 g/mol. The van der Waals surface area contributed by atoms with Crippen LogP contribution in [0, 0.1) is 23.7 Å². The van der Waals surface area contributed by atoms with E-state index in [1.807, 2.05) is 39.8 Å². The molecule has 1 unspecified atom stereocenters. The molecule has 3 aliphatic carbocycles. The first-order valence-corrected chi connectivity index (χ1v) is 28.8. The lowest BCUT2D eigenvalue weighted by Gasteiger charge is -2.34. The largest absolute Gasteiger partial charge is 0.491 e. The van der Waals surface area contributed by atoms with Gasteiger partial charge in [-0.1, -0.05) is 57.4 Å². The maximum Gasteiger partial charge on any atom is 0.225 e. The Labute approximate surface area is 442 Å². The van der Waals surface area contributed by atoms with Crippen LogP contribution in [0.1, 0.15) is 130 Å². The van der Waals surface area contributed by atoms with Gasteiger partial charge in [0.05, 0.1) is 47.2 Å². The van der Waals surface area contributed by atoms with Gasteiger partial charge in [0.1, 0.15) is 41.3 Å². The Bertz CT molecular complexity index is 2910. The van der Waals surface area contributed by atoms with Gasteiger partial charge in [0.25, 0.3) is 0 Å². The molecule has 9 rings (SSSR count). The van der Waals surface area contributed by atoms with Crippen LogP contribution >= 0.6 is 0 Å². The molecule has 2 saturated carbocycles. The van der Waals surface area contributed by atoms with Gasteiger partial charge in [-0.3, -0.25) is 24.3 Å². The number of hydrogen-bond donors (Lipinski definition) is 3. The highest BCUT2D eigenvalue weighted by atomic mass is 32.2. The predicted octanol–water partition coefficient (Wildman–Crippen LogP) is 8.00. The summed E-state index contributed by atoms with van der Waals surface area (Å²) in [6.07, 6.45) is 13.4. The van der Waals surface area contributed by atoms with Crippen LogP contribution in [0.5, 0.6) is 11.5 Å². The van der Waals surface area contributed by atoms with Crippen LogP contribution in [0.3, 0.4) is 0 Å². The first-order valence-electron chi connectivity index (χ1n) is 27.3. The number of fused-ring (bicyclic) bond motifs is 2. The molecule has 1 saturated heterocycles. The minimum atomic E-state index is -3.84. The average molecular weight is 1050 g/mol. The average Bonchev–Trinajstić information content (AvgIpc) is 3.98. The summed E-state index contributed by atoms with van der Waals surface area (Å²) in [7, 11) is -3.84. The second kappa shape index (κ2) is 23.1. The van der Waals surface area contributed by atoms with Gasteiger partial charge in [0.2, 0.25) is 17.8 Å². The monoisotopic (exact) mass is 1040 g/mol. The first-order chi connectivity index (χ1) is 36.0. The zero-order valence-electron chi connectivity index (χ0n) is 44.9. The Morgan fingerprint density at radius 1 is 0.893 bits per heavy atom. The minimum absolute atomic E-state index is 0.0328. The van der Waals surface area contributed by atoms with Crippen molar-refractivity contribution in [3.05, 3.63) is 77.4 Å². The number of nitrogens with zero attached hydrogens (tertiary/aromatic N) is 7. The maximum atomic E-state index is 14.9. The molecule has 2 aromatic carbocycles. The second-order valence-electron chi connectivity index (χ2n) is 22.4. The molecular formula is C57H76N10O7S. The first kappa shape index (κ1) is 53.8. The molecule has 0 radical (unpaired) electrons. The quantitative estimate of drug-likeness (QED) is 0.0916. The fraction of sp³-hybridized carbons (Fsp3) is 0.579. The number of aromatic nitrogens is 4. The number of Topliss-reactive ketones (excluding diaryl/α,β-unsaturated/α-hetero) is 1. The van der Waals surface area contributed by atoms with Crippen LogP contribution in [0.4, 0.5) is 11.8 Å². The van der Waals surface area contributed by atoms with Crippen LogP contribution < -0.4 is 30.3 Å². The molecule has 4 heterocycles. The van der Waals surface area contributed by atoms with E-state index in [4.69, 9.17) is 19.4 Å². The smallest absolute Gasteiger partial charge is 0.225 e. The number of rotatable bonds is 17. The Morgan fingerprint density at radius 2 is 1.63 bits per heavy atom. The van der Waals surface area contributed by atoms with E-state index < -0.39 is 38.6 Å². The van der Waals surface area contributed by atoms with Gasteiger partial charge in [-0.2, -0.15) is 0 Å². The summed E-state index contributed by atoms with van der Waals surface area (Å²) in [6.45, 7) is 17.1. The molecule has 18 heteroatoms. The topological polar surface area (TPSA) is 210 Å². The van der Waals surface area contributed by atoms with Crippen LogP contribution in [0.2, 0.25) is 0 Å². The van der Waals surface area contributed by atoms with Crippen molar-refractivity contribution in [3.63, 3.8) is 0 Å². The van der Waals surface area contributed by atoms with Gasteiger partial charge in [-0.05, 0) is 120 Å². The Kier molecular flexibility index (Phi) is 16.6. The Balaban J connectivity index is 0.836. The number of carbonyl (C=O) groups excluding carboxylic acids is 3. The fourth-order valence-corrected chi connectivity index (χ4v) is 12.7. The second-order valence-corrected chi connectivity index (χ2v) is 25.1. The van der Waals surface area contributed by atoms with Crippen molar-refractivity contribution in [2.45, 2.75) is 147 Å². The molecule has 6 atom stereocenters. The third kappa shape index (κ3) is 12.0. The number of hydrogen-bond acceptors (Lipinski definition) is 15. The number of piperazine rings is 1. The number of amides is 2. The number of sulfone groups is 1. The molecule has 2 aromatic heterocycles. The van der Waals surface area contributed by atoms with Crippen molar-refractivity contribution in [3.8, 4) is 11.5 Å². The molecule has 75 heavy (non-hydrogen) atoms. The highest BCUT2D eigenvalue weighted by Crippen LogP contribution is 2.41. The highest BCUT2D eigenvalue weighted by molar-refractivity contribution is 7.92. The van der Waals surface area contributed by atoms with Gasteiger partial charge < -0.3 is 30.3 Å². The van der Waals surface area contributed by atoms with Crippen molar-refractivity contribution >= 4 is 55.9 Å². The standard InChI is InChI=1S/C57H76N10O7S/c1-8-35(2)54(69)64-50(39-16-10-9-11-17-39)51(68)43-27-40(28-44(43)55(70)63-46-20-14-18-38-15-12-13-19-42(38)46)74-41-32-59-56(60-33-41)67-23-21-66(22-24-67)25-26-73-48-30-47-45(29-49(48)75(71,72)57(5,6)7)53(62-34-61-47)65-52-37(4)36(3)31-58-52/h12-13,15,19,29-30,32-35,39-40,43-44,46,50H,8-11,14,16-18,20-28,31H2,1-7H3,(H,63,70)(H,64,69)(H,58,61,62,65)/t35-,40+,43?,44-,46+,50+/m1/s1. The van der Waals surface area contributed by atoms with Crippen molar-refractivity contribution in [2.24, 2.45) is 28.7 Å². The normalized spacial score (nSPS) is 22.5. The molecule has 17 nitrogen and oxygen atoms in total. The van der Waals surface area contributed by atoms with Crippen molar-refractivity contribution < 1.29 is 32.3 Å². The zero-order valence-corrected chi connectivity index (χ0v) is 45.7. The minimum Gasteiger partial charge on any atom is -0.491 e. The number of ketones is 1. The number of benzene rings is 2. The van der Waals surface area contributed by atoms with Gasteiger partial charge in [-0.15, -0.1) is 0 Å². The number of aryl methyl sites for hydroxylation is 1. The van der Waals surface area contributed by atoms with Crippen molar-refractivity contribution in [1.29, 1.82) is 0 Å². The Morgan fingerprint density at radius 3 is 2.33 bits per heavy atom. The van der Waals surface area contributed by atoms with E-state index in [2.05, 4.69) is 52.8 Å². The lowest BCUT2D eigenvalue weighted by atomic mass is 9.77. The molecule has 2 aliphatic heterocycles. The predicted molar refractivity (Wildman–Crippen MR) is 291 cm³/mol. The van der Waals surface area contributed by atoms with E-state index in [-0.39, 0.29) is 52.7 Å². The number of aliphatic imine (C=N–C) groups is 1. The summed E-state index contributed by atoms with van der Waals surface area (Å²) in [6, 6.07) is 10.8. The summed E-state index contributed by atoms with van der Waals surface area (Å²) < 4.78 is 39.9. The number of ether oxygens (including phenoxy) is 2. The summed E-state index contributed by atoms with van der Waals surface area (Å²) in [5.74, 6) is 0.717. The van der Waals surface area contributed by atoms with Crippen molar-refractivity contribution in [1.82, 2.24) is 35.5 Å². The number of anilines is 2. The molecule has 3 N–H and O–H groups in total. The Hall–Kier alpha value is -6.01. The van der Waals surface area contributed by atoms with Crippen LogP contribution in [-0.2, 0) is 30.6 Å². The molecule has 2 amide bonds. The summed E-state index contributed by atoms with van der Waals surface area (Å²) in [5, 5.41) is 10.4. The van der Waals surface area contributed by atoms with Gasteiger partial charge >= 0.3 is 0 Å². The number of amidine groups is 1. The fourth-order valence-electron chi connectivity index (χ4n) is 11.4. The van der Waals surface area contributed by atoms with Gasteiger partial charge in [0, 0.05) is 56.0 Å². The molecule has 5 aliphatic rings. The zero-order chi connectivity index (χ0) is 53.0. The van der Waals surface area contributed by atoms with Gasteiger partial charge in [0.15, 0.2) is 21.4 Å². The third-order valence-electron chi connectivity index (χ3n) is 16.4. The summed E-state index contributed by atoms with van der Waals surface area (Å²) >= 11 is 0. The van der Waals surface area contributed by atoms with Crippen LogP contribution in [0.25, 0.3) is 10.9 Å². The third-order valence-corrected chi connectivity index (χ3v) is 18.9. The van der Waals surface area contributed by atoms with Crippen LogP contribution in [-0.4, -0.2) is 119 Å². The molecule has 0 spiro atoms. The molecule has 402 valence electrons. The van der Waals surface area contributed by atoms with Crippen molar-refractivity contribution in [2.75, 3.05) is 56.1 Å². The number of nitrogens with one attached hydrogen (secondary N) is 3. The van der Waals surface area contributed by atoms with Crippen LogP contribution in [0.15, 0.2) is 76.2 Å².